The maximum absolute atomic E-state index is 12.7. The minimum Gasteiger partial charge on any atom is -0.497 e. The summed E-state index contributed by atoms with van der Waals surface area (Å²) in [7, 11) is 1.69. The van der Waals surface area contributed by atoms with Gasteiger partial charge < -0.3 is 14.6 Å². The Balaban J connectivity index is 1.34. The fraction of sp³-hybridized carbons (Fsp3) is 0.304. The summed E-state index contributed by atoms with van der Waals surface area (Å²) in [6.07, 6.45) is 7.45. The number of nitrogens with zero attached hydrogens (tertiary/aromatic N) is 3. The van der Waals surface area contributed by atoms with Gasteiger partial charge in [0.05, 0.1) is 13.4 Å². The van der Waals surface area contributed by atoms with Crippen molar-refractivity contribution in [3.63, 3.8) is 0 Å². The van der Waals surface area contributed by atoms with Gasteiger partial charge in [0.15, 0.2) is 0 Å². The molecule has 1 aliphatic heterocycles. The van der Waals surface area contributed by atoms with E-state index in [0.29, 0.717) is 5.56 Å². The van der Waals surface area contributed by atoms with Crippen molar-refractivity contribution in [2.75, 3.05) is 20.2 Å². The average Bonchev–Trinajstić information content (AvgIpc) is 3.29. The largest absolute Gasteiger partial charge is 0.497 e. The van der Waals surface area contributed by atoms with Crippen LogP contribution in [0.3, 0.4) is 0 Å². The zero-order valence-electron chi connectivity index (χ0n) is 16.6. The SMILES string of the molecule is COc1cccc(CN2CCC[C@H](NC(=O)c3ccc(-n4ccnc4)cc3)C2)c1. The van der Waals surface area contributed by atoms with Gasteiger partial charge in [-0.05, 0) is 61.3 Å². The number of carbonyl (C=O) groups excluding carboxylic acids is 1. The molecule has 0 aliphatic carbocycles. The van der Waals surface area contributed by atoms with Crippen LogP contribution in [0.4, 0.5) is 0 Å². The molecule has 6 heteroatoms. The first-order chi connectivity index (χ1) is 14.2. The maximum atomic E-state index is 12.7. The topological polar surface area (TPSA) is 59.4 Å². The van der Waals surface area contributed by atoms with Crippen molar-refractivity contribution >= 4 is 5.91 Å². The highest BCUT2D eigenvalue weighted by Crippen LogP contribution is 2.18. The highest BCUT2D eigenvalue weighted by atomic mass is 16.5. The minimum atomic E-state index is -0.0181. The van der Waals surface area contributed by atoms with Crippen LogP contribution in [0.15, 0.2) is 67.3 Å². The van der Waals surface area contributed by atoms with E-state index in [1.54, 1.807) is 19.6 Å². The molecule has 2 aromatic carbocycles. The predicted octanol–water partition coefficient (Wildman–Crippen LogP) is 3.28. The van der Waals surface area contributed by atoms with Crippen LogP contribution in [-0.2, 0) is 6.54 Å². The maximum Gasteiger partial charge on any atom is 0.251 e. The van der Waals surface area contributed by atoms with Gasteiger partial charge in [-0.25, -0.2) is 4.98 Å². The number of benzene rings is 2. The molecule has 4 rings (SSSR count). The molecule has 3 aromatic rings. The molecule has 6 nitrogen and oxygen atoms in total. The molecule has 1 N–H and O–H groups in total. The van der Waals surface area contributed by atoms with Gasteiger partial charge in [-0.2, -0.15) is 0 Å². The molecule has 0 radical (unpaired) electrons. The van der Waals surface area contributed by atoms with Gasteiger partial charge in [-0.3, -0.25) is 9.69 Å². The molecule has 0 spiro atoms. The fourth-order valence-corrected chi connectivity index (χ4v) is 3.81. The Labute approximate surface area is 171 Å². The third kappa shape index (κ3) is 4.84. The van der Waals surface area contributed by atoms with E-state index in [2.05, 4.69) is 27.3 Å². The summed E-state index contributed by atoms with van der Waals surface area (Å²) in [6.45, 7) is 2.77. The quantitative estimate of drug-likeness (QED) is 0.702. The summed E-state index contributed by atoms with van der Waals surface area (Å²) in [4.78, 5) is 19.1. The molecule has 1 aliphatic rings. The smallest absolute Gasteiger partial charge is 0.251 e. The van der Waals surface area contributed by atoms with Crippen LogP contribution in [0.2, 0.25) is 0 Å². The molecule has 0 unspecified atom stereocenters. The number of piperidine rings is 1. The van der Waals surface area contributed by atoms with E-state index in [-0.39, 0.29) is 11.9 Å². The fourth-order valence-electron chi connectivity index (χ4n) is 3.81. The summed E-state index contributed by atoms with van der Waals surface area (Å²) in [5, 5.41) is 3.20. The van der Waals surface area contributed by atoms with E-state index < -0.39 is 0 Å². The number of methoxy groups -OCH3 is 1. The van der Waals surface area contributed by atoms with Gasteiger partial charge in [-0.1, -0.05) is 12.1 Å². The van der Waals surface area contributed by atoms with Gasteiger partial charge in [0.25, 0.3) is 5.91 Å². The van der Waals surface area contributed by atoms with Crippen molar-refractivity contribution in [3.05, 3.63) is 78.4 Å². The Bertz CT molecular complexity index is 938. The molecule has 2 heterocycles. The van der Waals surface area contributed by atoms with Crippen LogP contribution in [0.25, 0.3) is 5.69 Å². The first kappa shape index (κ1) is 19.2. The molecular formula is C23H26N4O2. The molecule has 1 aromatic heterocycles. The number of aromatic nitrogens is 2. The highest BCUT2D eigenvalue weighted by molar-refractivity contribution is 5.94. The lowest BCUT2D eigenvalue weighted by Crippen LogP contribution is -2.47. The number of nitrogens with one attached hydrogen (secondary N) is 1. The Kier molecular flexibility index (Phi) is 5.91. The van der Waals surface area contributed by atoms with Crippen LogP contribution < -0.4 is 10.1 Å². The number of hydrogen-bond acceptors (Lipinski definition) is 4. The third-order valence-corrected chi connectivity index (χ3v) is 5.31. The third-order valence-electron chi connectivity index (χ3n) is 5.31. The van der Waals surface area contributed by atoms with Gasteiger partial charge in [0.1, 0.15) is 5.75 Å². The first-order valence-electron chi connectivity index (χ1n) is 9.96. The second-order valence-corrected chi connectivity index (χ2v) is 7.42. The lowest BCUT2D eigenvalue weighted by Gasteiger charge is -2.33. The second-order valence-electron chi connectivity index (χ2n) is 7.42. The van der Waals surface area contributed by atoms with E-state index in [9.17, 15) is 4.79 Å². The second kappa shape index (κ2) is 8.92. The summed E-state index contributed by atoms with van der Waals surface area (Å²) >= 11 is 0. The molecule has 1 atom stereocenters. The number of carbonyl (C=O) groups is 1. The Morgan fingerprint density at radius 3 is 2.86 bits per heavy atom. The molecular weight excluding hydrogens is 364 g/mol. The van der Waals surface area contributed by atoms with Gasteiger partial charge >= 0.3 is 0 Å². The number of imidazole rings is 1. The van der Waals surface area contributed by atoms with Crippen LogP contribution in [0.5, 0.6) is 5.75 Å². The van der Waals surface area contributed by atoms with Crippen molar-refractivity contribution in [2.24, 2.45) is 0 Å². The predicted molar refractivity (Wildman–Crippen MR) is 112 cm³/mol. The monoisotopic (exact) mass is 390 g/mol. The Hall–Kier alpha value is -3.12. The zero-order valence-corrected chi connectivity index (χ0v) is 16.6. The number of amides is 1. The summed E-state index contributed by atoms with van der Waals surface area (Å²) in [5.41, 5.74) is 2.89. The van der Waals surface area contributed by atoms with Gasteiger partial charge in [0, 0.05) is 42.8 Å². The molecule has 29 heavy (non-hydrogen) atoms. The van der Waals surface area contributed by atoms with Gasteiger partial charge in [0.2, 0.25) is 0 Å². The molecule has 1 saturated heterocycles. The molecule has 1 fully saturated rings. The lowest BCUT2D eigenvalue weighted by molar-refractivity contribution is 0.0901. The van der Waals surface area contributed by atoms with Crippen molar-refractivity contribution in [1.82, 2.24) is 19.8 Å². The number of likely N-dealkylation sites (tertiary alicyclic amines) is 1. The van der Waals surface area contributed by atoms with E-state index in [0.717, 1.165) is 43.9 Å². The number of hydrogen-bond donors (Lipinski definition) is 1. The van der Waals surface area contributed by atoms with Crippen LogP contribution in [-0.4, -0.2) is 46.6 Å². The van der Waals surface area contributed by atoms with Gasteiger partial charge in [-0.15, -0.1) is 0 Å². The molecule has 150 valence electrons. The van der Waals surface area contributed by atoms with Crippen molar-refractivity contribution in [1.29, 1.82) is 0 Å². The number of ether oxygens (including phenoxy) is 1. The van der Waals surface area contributed by atoms with Crippen molar-refractivity contribution in [2.45, 2.75) is 25.4 Å². The zero-order chi connectivity index (χ0) is 20.1. The Morgan fingerprint density at radius 2 is 2.10 bits per heavy atom. The first-order valence-corrected chi connectivity index (χ1v) is 9.96. The van der Waals surface area contributed by atoms with E-state index in [1.165, 1.54) is 5.56 Å². The van der Waals surface area contributed by atoms with Crippen LogP contribution in [0.1, 0.15) is 28.8 Å². The normalized spacial score (nSPS) is 17.1. The molecule has 0 bridgehead atoms. The van der Waals surface area contributed by atoms with Crippen LogP contribution in [0, 0.1) is 0 Å². The van der Waals surface area contributed by atoms with E-state index in [1.807, 2.05) is 47.2 Å². The van der Waals surface area contributed by atoms with Crippen LogP contribution >= 0.6 is 0 Å². The average molecular weight is 390 g/mol. The summed E-state index contributed by atoms with van der Waals surface area (Å²) in [6, 6.07) is 15.9. The van der Waals surface area contributed by atoms with E-state index >= 15 is 0 Å². The van der Waals surface area contributed by atoms with Crippen molar-refractivity contribution < 1.29 is 9.53 Å². The summed E-state index contributed by atoms with van der Waals surface area (Å²) in [5.74, 6) is 0.860. The number of rotatable bonds is 6. The molecule has 1 amide bonds. The van der Waals surface area contributed by atoms with E-state index in [4.69, 9.17) is 4.74 Å². The molecule has 0 saturated carbocycles. The standard InChI is InChI=1S/C23H26N4O2/c1-29-22-6-2-4-18(14-22)15-26-12-3-5-20(16-26)25-23(28)19-7-9-21(10-8-19)27-13-11-24-17-27/h2,4,6-11,13-14,17,20H,3,5,12,15-16H2,1H3,(H,25,28)/t20-/m0/s1. The Morgan fingerprint density at radius 1 is 1.24 bits per heavy atom. The minimum absolute atomic E-state index is 0.0181. The highest BCUT2D eigenvalue weighted by Gasteiger charge is 2.22. The lowest BCUT2D eigenvalue weighted by atomic mass is 10.0. The van der Waals surface area contributed by atoms with Crippen molar-refractivity contribution in [3.8, 4) is 11.4 Å². The summed E-state index contributed by atoms with van der Waals surface area (Å²) < 4.78 is 7.23.